The minimum Gasteiger partial charge on any atom is -0.481 e. The van der Waals surface area contributed by atoms with Gasteiger partial charge in [0.05, 0.1) is 29.9 Å². The molecule has 12 atom stereocenters. The van der Waals surface area contributed by atoms with E-state index in [0.717, 1.165) is 69.1 Å². The number of fused-ring (bicyclic) bond motifs is 6. The lowest BCUT2D eigenvalue weighted by molar-refractivity contribution is -0.244. The molecule has 0 spiro atoms. The number of hydrogen-bond acceptors (Lipinski definition) is 8. The molecule has 7 aliphatic rings. The number of carboxylic acid groups (broad SMARTS) is 1. The van der Waals surface area contributed by atoms with E-state index in [-0.39, 0.29) is 53.9 Å². The monoisotopic (exact) mass is 634 g/mol. The fraction of sp³-hybridized carbons (Fsp3) is 0.848. The zero-order valence-electron chi connectivity index (χ0n) is 26.0. The number of carboxylic acids is 1. The Morgan fingerprint density at radius 2 is 1.84 bits per heavy atom. The van der Waals surface area contributed by atoms with Crippen molar-refractivity contribution in [2.24, 2.45) is 34.5 Å². The van der Waals surface area contributed by atoms with E-state index >= 15 is 0 Å². The van der Waals surface area contributed by atoms with Gasteiger partial charge in [-0.2, -0.15) is 11.8 Å². The molecule has 6 N–H and O–H groups in total. The Morgan fingerprint density at radius 3 is 2.57 bits per heavy atom. The van der Waals surface area contributed by atoms with Crippen LogP contribution in [0.5, 0.6) is 0 Å². The molecule has 0 bridgehead atoms. The molecule has 2 saturated heterocycles. The van der Waals surface area contributed by atoms with E-state index in [2.05, 4.69) is 17.6 Å². The summed E-state index contributed by atoms with van der Waals surface area (Å²) in [6.45, 7) is 4.69. The van der Waals surface area contributed by atoms with Crippen LogP contribution in [0.15, 0.2) is 11.6 Å². The zero-order valence-corrected chi connectivity index (χ0v) is 26.8. The van der Waals surface area contributed by atoms with E-state index in [4.69, 9.17) is 9.84 Å². The third-order valence-electron chi connectivity index (χ3n) is 13.1. The molecular formula is C33H50N2O8S. The second-order valence-corrected chi connectivity index (χ2v) is 16.3. The van der Waals surface area contributed by atoms with Gasteiger partial charge < -0.3 is 35.8 Å². The van der Waals surface area contributed by atoms with Gasteiger partial charge >= 0.3 is 18.0 Å². The van der Waals surface area contributed by atoms with E-state index in [9.17, 15) is 29.7 Å². The third-order valence-corrected chi connectivity index (χ3v) is 14.6. The van der Waals surface area contributed by atoms with Gasteiger partial charge in [-0.3, -0.25) is 4.79 Å². The highest BCUT2D eigenvalue weighted by Crippen LogP contribution is 2.69. The van der Waals surface area contributed by atoms with Crippen LogP contribution < -0.4 is 10.6 Å². The molecule has 0 aromatic heterocycles. The summed E-state index contributed by atoms with van der Waals surface area (Å²) in [5.74, 6) is 0.894. The number of ether oxygens (including phenoxy) is 1. The molecule has 6 fully saturated rings. The average Bonchev–Trinajstić information content (AvgIpc) is 3.72. The quantitative estimate of drug-likeness (QED) is 0.146. The van der Waals surface area contributed by atoms with E-state index in [1.165, 1.54) is 0 Å². The number of urea groups is 1. The molecule has 4 saturated carbocycles. The highest BCUT2D eigenvalue weighted by Gasteiger charge is 2.70. The van der Waals surface area contributed by atoms with E-state index < -0.39 is 23.1 Å². The molecule has 44 heavy (non-hydrogen) atoms. The van der Waals surface area contributed by atoms with Crippen molar-refractivity contribution in [2.45, 2.75) is 126 Å². The summed E-state index contributed by atoms with van der Waals surface area (Å²) in [5, 5.41) is 48.5. The maximum absolute atomic E-state index is 12.1. The number of carbonyl (C=O) groups excluding carboxylic acids is 2. The molecule has 2 amide bonds. The SMILES string of the molecule is C[C@]12CC[C@H](O)C[C@H]1CC[C@@H]1[C@@H]2C[C@@H](O)[C@]2(C)[C@@H](C3=CC(=O)OC3)CC[C@]12O.O=C(O)CCCC[C@H]1SC[C@H]2NC(=O)N[C@H]21. The summed E-state index contributed by atoms with van der Waals surface area (Å²) in [5.41, 5.74) is -0.507. The van der Waals surface area contributed by atoms with Gasteiger partial charge in [-0.15, -0.1) is 0 Å². The Hall–Kier alpha value is -1.82. The highest BCUT2D eigenvalue weighted by atomic mass is 32.2. The maximum atomic E-state index is 12.1. The first-order chi connectivity index (χ1) is 20.9. The van der Waals surface area contributed by atoms with Crippen LogP contribution in [0.2, 0.25) is 0 Å². The fourth-order valence-corrected chi connectivity index (χ4v) is 12.2. The number of rotatable bonds is 6. The normalized spacial score (nSPS) is 47.1. The van der Waals surface area contributed by atoms with Gasteiger partial charge in [0.15, 0.2) is 0 Å². The predicted molar refractivity (Wildman–Crippen MR) is 165 cm³/mol. The lowest BCUT2D eigenvalue weighted by Crippen LogP contribution is -2.67. The molecule has 4 aliphatic carbocycles. The first-order valence-electron chi connectivity index (χ1n) is 16.7. The number of cyclic esters (lactones) is 1. The predicted octanol–water partition coefficient (Wildman–Crippen LogP) is 3.37. The van der Waals surface area contributed by atoms with E-state index in [1.54, 1.807) is 6.08 Å². The Bertz CT molecular complexity index is 1180. The van der Waals surface area contributed by atoms with Crippen LogP contribution in [0.25, 0.3) is 0 Å². The average molecular weight is 635 g/mol. The number of thioether (sulfide) groups is 1. The molecule has 10 nitrogen and oxygen atoms in total. The number of amides is 2. The lowest BCUT2D eigenvalue weighted by atomic mass is 9.42. The van der Waals surface area contributed by atoms with Crippen LogP contribution in [0, 0.1) is 34.5 Å². The number of aliphatic hydroxyl groups excluding tert-OH is 2. The molecule has 0 radical (unpaired) electrons. The van der Waals surface area contributed by atoms with Crippen molar-refractivity contribution in [1.82, 2.24) is 10.6 Å². The molecule has 0 unspecified atom stereocenters. The largest absolute Gasteiger partial charge is 0.481 e. The van der Waals surface area contributed by atoms with Crippen molar-refractivity contribution >= 4 is 29.7 Å². The van der Waals surface area contributed by atoms with Gasteiger partial charge in [-0.1, -0.05) is 20.3 Å². The molecule has 0 aromatic carbocycles. The molecular weight excluding hydrogens is 584 g/mol. The summed E-state index contributed by atoms with van der Waals surface area (Å²) in [7, 11) is 0. The number of esters is 1. The van der Waals surface area contributed by atoms with Crippen LogP contribution in [-0.4, -0.2) is 85.9 Å². The number of nitrogens with one attached hydrogen (secondary N) is 2. The lowest BCUT2D eigenvalue weighted by Gasteiger charge is -2.64. The summed E-state index contributed by atoms with van der Waals surface area (Å²) >= 11 is 1.87. The van der Waals surface area contributed by atoms with Crippen molar-refractivity contribution in [3.05, 3.63) is 11.6 Å². The molecule has 3 aliphatic heterocycles. The van der Waals surface area contributed by atoms with Gasteiger partial charge in [-0.05, 0) is 98.9 Å². The number of hydrogen-bond donors (Lipinski definition) is 6. The van der Waals surface area contributed by atoms with Crippen molar-refractivity contribution in [3.63, 3.8) is 0 Å². The molecule has 0 aromatic rings. The first kappa shape index (κ1) is 32.1. The number of aliphatic hydroxyl groups is 3. The minimum atomic E-state index is -0.906. The van der Waals surface area contributed by atoms with Gasteiger partial charge in [0, 0.05) is 28.9 Å². The third kappa shape index (κ3) is 5.37. The number of unbranched alkanes of at least 4 members (excludes halogenated alkanes) is 1. The van der Waals surface area contributed by atoms with Crippen LogP contribution in [0.4, 0.5) is 4.79 Å². The highest BCUT2D eigenvalue weighted by molar-refractivity contribution is 8.00. The zero-order chi connectivity index (χ0) is 31.4. The number of aliphatic carboxylic acids is 1. The van der Waals surface area contributed by atoms with Crippen molar-refractivity contribution < 1.29 is 39.5 Å². The summed E-state index contributed by atoms with van der Waals surface area (Å²) in [4.78, 5) is 33.1. The Balaban J connectivity index is 0.000000182. The van der Waals surface area contributed by atoms with Crippen molar-refractivity contribution in [1.29, 1.82) is 0 Å². The maximum Gasteiger partial charge on any atom is 0.331 e. The summed E-state index contributed by atoms with van der Waals surface area (Å²) in [6.07, 6.45) is 10.6. The van der Waals surface area contributed by atoms with Crippen LogP contribution in [0.3, 0.4) is 0 Å². The second kappa shape index (κ2) is 12.1. The smallest absolute Gasteiger partial charge is 0.331 e. The Kier molecular flexibility index (Phi) is 8.82. The molecule has 11 heteroatoms. The van der Waals surface area contributed by atoms with Crippen molar-refractivity contribution in [3.8, 4) is 0 Å². The van der Waals surface area contributed by atoms with E-state index in [0.29, 0.717) is 36.5 Å². The standard InChI is InChI=1S/C23H34O5.C10H16N2O3S/c1-21-7-5-15(24)10-14(21)3-4-17-18(21)11-19(25)22(2)16(6-8-23(17,22)27)13-9-20(26)28-12-13;13-8(14)4-2-1-3-7-9-6(5-16-7)11-10(15)12-9/h9,14-19,24-25,27H,3-8,10-12H2,1-2H3;6-7,9H,1-5H2,(H,13,14)(H2,11,12,15)/t14-,15+,16-,17-,18+,19-,21+,22+,23+;6-,7-,9-/m11/s1. The van der Waals surface area contributed by atoms with E-state index in [1.807, 2.05) is 18.7 Å². The van der Waals surface area contributed by atoms with Gasteiger partial charge in [0.1, 0.15) is 6.61 Å². The molecule has 246 valence electrons. The van der Waals surface area contributed by atoms with Crippen molar-refractivity contribution in [2.75, 3.05) is 12.4 Å². The minimum absolute atomic E-state index is 0.00129. The van der Waals surface area contributed by atoms with Crippen LogP contribution >= 0.6 is 11.8 Å². The topological polar surface area (TPSA) is 165 Å². The van der Waals surface area contributed by atoms with Gasteiger partial charge in [0.25, 0.3) is 0 Å². The van der Waals surface area contributed by atoms with Crippen LogP contribution in [0.1, 0.15) is 90.9 Å². The molecule has 7 rings (SSSR count). The Morgan fingerprint density at radius 1 is 1.05 bits per heavy atom. The van der Waals surface area contributed by atoms with Gasteiger partial charge in [-0.25, -0.2) is 9.59 Å². The second-order valence-electron chi connectivity index (χ2n) is 15.1. The summed E-state index contributed by atoms with van der Waals surface area (Å²) in [6, 6.07) is 0.440. The number of carbonyl (C=O) groups is 3. The van der Waals surface area contributed by atoms with Gasteiger partial charge in [0.2, 0.25) is 0 Å². The van der Waals surface area contributed by atoms with Crippen LogP contribution in [-0.2, 0) is 14.3 Å². The first-order valence-corrected chi connectivity index (χ1v) is 17.8. The Labute approximate surface area is 264 Å². The summed E-state index contributed by atoms with van der Waals surface area (Å²) < 4.78 is 5.16. The molecule has 3 heterocycles. The fourth-order valence-electron chi connectivity index (χ4n) is 10.6.